The minimum Gasteiger partial charge on any atom is -0.475 e. The Bertz CT molecular complexity index is 598. The summed E-state index contributed by atoms with van der Waals surface area (Å²) >= 11 is 0. The largest absolute Gasteiger partial charge is 0.475 e. The molecule has 1 aliphatic heterocycles. The van der Waals surface area contributed by atoms with Crippen molar-refractivity contribution in [3.8, 4) is 17.1 Å². The van der Waals surface area contributed by atoms with Gasteiger partial charge >= 0.3 is 0 Å². The second-order valence-electron chi connectivity index (χ2n) is 5.39. The fraction of sp³-hybridized carbons (Fsp3) is 0.412. The summed E-state index contributed by atoms with van der Waals surface area (Å²) in [6.45, 7) is 7.09. The zero-order valence-corrected chi connectivity index (χ0v) is 12.9. The van der Waals surface area contributed by atoms with Crippen LogP contribution in [-0.4, -0.2) is 54.6 Å². The lowest BCUT2D eigenvalue weighted by molar-refractivity contribution is 0.0319. The van der Waals surface area contributed by atoms with E-state index in [1.807, 2.05) is 43.3 Å². The number of hydrogen-bond donors (Lipinski definition) is 0. The number of aromatic nitrogens is 2. The molecule has 0 saturated carbocycles. The second-order valence-corrected chi connectivity index (χ2v) is 5.39. The van der Waals surface area contributed by atoms with Gasteiger partial charge in [-0.2, -0.15) is 0 Å². The Labute approximate surface area is 130 Å². The van der Waals surface area contributed by atoms with Crippen LogP contribution in [0.1, 0.15) is 5.56 Å². The van der Waals surface area contributed by atoms with E-state index in [9.17, 15) is 0 Å². The van der Waals surface area contributed by atoms with Crippen molar-refractivity contribution in [3.63, 3.8) is 0 Å². The van der Waals surface area contributed by atoms with Gasteiger partial charge in [0.1, 0.15) is 6.61 Å². The Kier molecular flexibility index (Phi) is 4.98. The first kappa shape index (κ1) is 14.9. The van der Waals surface area contributed by atoms with Gasteiger partial charge in [-0.1, -0.05) is 30.3 Å². The zero-order chi connectivity index (χ0) is 15.2. The summed E-state index contributed by atoms with van der Waals surface area (Å²) < 4.78 is 11.1. The maximum atomic E-state index is 5.77. The number of hydrogen-bond acceptors (Lipinski definition) is 5. The lowest BCUT2D eigenvalue weighted by atomic mass is 10.1. The zero-order valence-electron chi connectivity index (χ0n) is 12.9. The standard InChI is InChI=1S/C17H21N3O2/c1-14-13-16(15-5-3-2-4-6-15)18-19-17(14)22-12-9-20-7-10-21-11-8-20/h2-6,13H,7-12H2,1H3. The fourth-order valence-electron chi connectivity index (χ4n) is 2.46. The molecule has 1 aromatic carbocycles. The van der Waals surface area contributed by atoms with Gasteiger partial charge in [-0.25, -0.2) is 0 Å². The maximum absolute atomic E-state index is 5.77. The van der Waals surface area contributed by atoms with E-state index in [1.54, 1.807) is 0 Å². The van der Waals surface area contributed by atoms with Gasteiger partial charge in [0.2, 0.25) is 5.88 Å². The van der Waals surface area contributed by atoms with Gasteiger partial charge in [0.15, 0.2) is 0 Å². The van der Waals surface area contributed by atoms with Crippen LogP contribution in [0.25, 0.3) is 11.3 Å². The van der Waals surface area contributed by atoms with Gasteiger partial charge in [0, 0.05) is 30.8 Å². The van der Waals surface area contributed by atoms with Crippen LogP contribution in [0.2, 0.25) is 0 Å². The van der Waals surface area contributed by atoms with Gasteiger partial charge in [0.25, 0.3) is 0 Å². The lowest BCUT2D eigenvalue weighted by Crippen LogP contribution is -2.38. The van der Waals surface area contributed by atoms with E-state index in [4.69, 9.17) is 9.47 Å². The molecule has 1 fully saturated rings. The molecule has 0 bridgehead atoms. The SMILES string of the molecule is Cc1cc(-c2ccccc2)nnc1OCCN1CCOCC1. The Morgan fingerprint density at radius 1 is 1.14 bits per heavy atom. The smallest absolute Gasteiger partial charge is 0.236 e. The minimum atomic E-state index is 0.618. The van der Waals surface area contributed by atoms with Gasteiger partial charge in [-0.3, -0.25) is 4.90 Å². The second kappa shape index (κ2) is 7.33. The van der Waals surface area contributed by atoms with Crippen LogP contribution < -0.4 is 4.74 Å². The summed E-state index contributed by atoms with van der Waals surface area (Å²) in [5, 5.41) is 8.49. The highest BCUT2D eigenvalue weighted by Crippen LogP contribution is 2.21. The molecular formula is C17H21N3O2. The van der Waals surface area contributed by atoms with E-state index in [2.05, 4.69) is 15.1 Å². The predicted molar refractivity (Wildman–Crippen MR) is 85.0 cm³/mol. The highest BCUT2D eigenvalue weighted by molar-refractivity contribution is 5.59. The number of nitrogens with zero attached hydrogens (tertiary/aromatic N) is 3. The van der Waals surface area contributed by atoms with Crippen molar-refractivity contribution in [1.29, 1.82) is 0 Å². The van der Waals surface area contributed by atoms with Crippen molar-refractivity contribution >= 4 is 0 Å². The molecule has 0 amide bonds. The third kappa shape index (κ3) is 3.81. The topological polar surface area (TPSA) is 47.5 Å². The Morgan fingerprint density at radius 2 is 1.91 bits per heavy atom. The molecule has 1 aromatic heterocycles. The van der Waals surface area contributed by atoms with E-state index >= 15 is 0 Å². The molecule has 0 atom stereocenters. The van der Waals surface area contributed by atoms with Crippen LogP contribution in [0.4, 0.5) is 0 Å². The lowest BCUT2D eigenvalue weighted by Gasteiger charge is -2.26. The van der Waals surface area contributed by atoms with Crippen molar-refractivity contribution < 1.29 is 9.47 Å². The average Bonchev–Trinajstić information content (AvgIpc) is 2.58. The number of rotatable bonds is 5. The van der Waals surface area contributed by atoms with Gasteiger partial charge in [-0.15, -0.1) is 10.2 Å². The molecule has 2 aromatic rings. The van der Waals surface area contributed by atoms with Crippen LogP contribution in [0.5, 0.6) is 5.88 Å². The van der Waals surface area contributed by atoms with Crippen molar-refractivity contribution in [3.05, 3.63) is 42.0 Å². The number of benzene rings is 1. The molecule has 0 aliphatic carbocycles. The number of morpholine rings is 1. The summed E-state index contributed by atoms with van der Waals surface area (Å²) in [5.41, 5.74) is 2.95. The van der Waals surface area contributed by atoms with Crippen molar-refractivity contribution in [2.75, 3.05) is 39.5 Å². The van der Waals surface area contributed by atoms with Crippen LogP contribution >= 0.6 is 0 Å². The van der Waals surface area contributed by atoms with Crippen molar-refractivity contribution in [2.24, 2.45) is 0 Å². The highest BCUT2D eigenvalue weighted by atomic mass is 16.5. The molecule has 0 unspecified atom stereocenters. The summed E-state index contributed by atoms with van der Waals surface area (Å²) in [4.78, 5) is 2.34. The van der Waals surface area contributed by atoms with Gasteiger partial charge in [-0.05, 0) is 13.0 Å². The van der Waals surface area contributed by atoms with Gasteiger partial charge in [0.05, 0.1) is 18.9 Å². The third-order valence-corrected chi connectivity index (χ3v) is 3.76. The monoisotopic (exact) mass is 299 g/mol. The first-order valence-electron chi connectivity index (χ1n) is 7.65. The molecular weight excluding hydrogens is 278 g/mol. The number of ether oxygens (including phenoxy) is 2. The maximum Gasteiger partial charge on any atom is 0.236 e. The molecule has 5 heteroatoms. The van der Waals surface area contributed by atoms with Gasteiger partial charge < -0.3 is 9.47 Å². The first-order chi connectivity index (χ1) is 10.8. The third-order valence-electron chi connectivity index (χ3n) is 3.76. The van der Waals surface area contributed by atoms with Crippen LogP contribution in [0.15, 0.2) is 36.4 Å². The summed E-state index contributed by atoms with van der Waals surface area (Å²) in [6, 6.07) is 12.1. The molecule has 116 valence electrons. The van der Waals surface area contributed by atoms with Crippen LogP contribution in [0.3, 0.4) is 0 Å². The van der Waals surface area contributed by atoms with E-state index < -0.39 is 0 Å². The predicted octanol–water partition coefficient (Wildman–Crippen LogP) is 2.16. The van der Waals surface area contributed by atoms with Crippen LogP contribution in [-0.2, 0) is 4.74 Å². The molecule has 0 spiro atoms. The average molecular weight is 299 g/mol. The Hall–Kier alpha value is -1.98. The molecule has 22 heavy (non-hydrogen) atoms. The Balaban J connectivity index is 1.58. The Morgan fingerprint density at radius 3 is 2.64 bits per heavy atom. The molecule has 0 radical (unpaired) electrons. The summed E-state index contributed by atoms with van der Waals surface area (Å²) in [7, 11) is 0. The molecule has 1 saturated heterocycles. The first-order valence-corrected chi connectivity index (χ1v) is 7.65. The molecule has 3 rings (SSSR count). The molecule has 2 heterocycles. The minimum absolute atomic E-state index is 0.618. The number of aryl methyl sites for hydroxylation is 1. The van der Waals surface area contributed by atoms with E-state index in [0.29, 0.717) is 12.5 Å². The quantitative estimate of drug-likeness (QED) is 0.847. The molecule has 5 nitrogen and oxygen atoms in total. The highest BCUT2D eigenvalue weighted by Gasteiger charge is 2.11. The normalized spacial score (nSPS) is 15.7. The molecule has 1 aliphatic rings. The molecule has 0 N–H and O–H groups in total. The fourth-order valence-corrected chi connectivity index (χ4v) is 2.46. The van der Waals surface area contributed by atoms with E-state index in [-0.39, 0.29) is 0 Å². The summed E-state index contributed by atoms with van der Waals surface area (Å²) in [5.74, 6) is 0.618. The van der Waals surface area contributed by atoms with E-state index in [0.717, 1.165) is 49.7 Å². The van der Waals surface area contributed by atoms with E-state index in [1.165, 1.54) is 0 Å². The van der Waals surface area contributed by atoms with Crippen LogP contribution in [0, 0.1) is 6.92 Å². The van der Waals surface area contributed by atoms with Crippen molar-refractivity contribution in [1.82, 2.24) is 15.1 Å². The summed E-state index contributed by atoms with van der Waals surface area (Å²) in [6.07, 6.45) is 0. The van der Waals surface area contributed by atoms with Crippen molar-refractivity contribution in [2.45, 2.75) is 6.92 Å².